The monoisotopic (exact) mass is 292 g/mol. The molecule has 21 heavy (non-hydrogen) atoms. The summed E-state index contributed by atoms with van der Waals surface area (Å²) in [6.45, 7) is 2.22. The number of carboxylic acids is 1. The van der Waals surface area contributed by atoms with Gasteiger partial charge in [0.1, 0.15) is 0 Å². The lowest BCUT2D eigenvalue weighted by Crippen LogP contribution is -2.36. The lowest BCUT2D eigenvalue weighted by molar-refractivity contribution is 0.0592. The molecule has 1 aliphatic heterocycles. The first-order valence-corrected chi connectivity index (χ1v) is 6.99. The number of carbonyl (C=O) groups is 2. The Morgan fingerprint density at radius 2 is 1.90 bits per heavy atom. The molecule has 1 aromatic carbocycles. The number of anilines is 1. The van der Waals surface area contributed by atoms with Crippen molar-refractivity contribution in [2.45, 2.75) is 12.8 Å². The van der Waals surface area contributed by atoms with Crippen LogP contribution in [0, 0.1) is 5.92 Å². The van der Waals surface area contributed by atoms with Crippen LogP contribution in [-0.2, 0) is 4.74 Å². The van der Waals surface area contributed by atoms with E-state index in [4.69, 9.17) is 9.84 Å². The van der Waals surface area contributed by atoms with Crippen LogP contribution in [0.1, 0.15) is 23.2 Å². The predicted octanol–water partition coefficient (Wildman–Crippen LogP) is 2.28. The van der Waals surface area contributed by atoms with Gasteiger partial charge >= 0.3 is 12.0 Å². The quantitative estimate of drug-likeness (QED) is 0.892. The second-order valence-corrected chi connectivity index (χ2v) is 5.25. The average Bonchev–Trinajstić information content (AvgIpc) is 2.48. The highest BCUT2D eigenvalue weighted by Gasteiger charge is 2.18. The van der Waals surface area contributed by atoms with E-state index < -0.39 is 5.97 Å². The number of nitrogens with zero attached hydrogens (tertiary/aromatic N) is 1. The molecule has 0 bridgehead atoms. The van der Waals surface area contributed by atoms with E-state index in [1.165, 1.54) is 12.1 Å². The van der Waals surface area contributed by atoms with Gasteiger partial charge in [-0.1, -0.05) is 0 Å². The van der Waals surface area contributed by atoms with Crippen molar-refractivity contribution < 1.29 is 19.4 Å². The van der Waals surface area contributed by atoms with Gasteiger partial charge in [-0.15, -0.1) is 0 Å². The number of urea groups is 1. The summed E-state index contributed by atoms with van der Waals surface area (Å²) < 4.78 is 5.30. The molecule has 1 aliphatic rings. The maximum atomic E-state index is 12.1. The van der Waals surface area contributed by atoms with Crippen LogP contribution in [0.5, 0.6) is 0 Å². The topological polar surface area (TPSA) is 78.9 Å². The Labute approximate surface area is 123 Å². The third-order valence-electron chi connectivity index (χ3n) is 3.60. The van der Waals surface area contributed by atoms with Crippen molar-refractivity contribution in [3.8, 4) is 0 Å². The van der Waals surface area contributed by atoms with Crippen molar-refractivity contribution >= 4 is 17.7 Å². The van der Waals surface area contributed by atoms with Gasteiger partial charge < -0.3 is 20.1 Å². The third-order valence-corrected chi connectivity index (χ3v) is 3.60. The molecule has 1 fully saturated rings. The second-order valence-electron chi connectivity index (χ2n) is 5.25. The fourth-order valence-corrected chi connectivity index (χ4v) is 2.31. The van der Waals surface area contributed by atoms with E-state index in [-0.39, 0.29) is 11.6 Å². The maximum absolute atomic E-state index is 12.1. The Bertz CT molecular complexity index is 495. The minimum absolute atomic E-state index is 0.190. The minimum Gasteiger partial charge on any atom is -0.478 e. The molecule has 0 saturated carbocycles. The van der Waals surface area contributed by atoms with E-state index in [1.807, 2.05) is 0 Å². The van der Waals surface area contributed by atoms with Crippen LogP contribution in [0.25, 0.3) is 0 Å². The molecule has 1 heterocycles. The highest BCUT2D eigenvalue weighted by atomic mass is 16.5. The number of benzene rings is 1. The second kappa shape index (κ2) is 7.08. The van der Waals surface area contributed by atoms with Crippen molar-refractivity contribution in [2.75, 3.05) is 32.1 Å². The molecule has 0 unspecified atom stereocenters. The summed E-state index contributed by atoms with van der Waals surface area (Å²) in [5.74, 6) is -0.506. The van der Waals surface area contributed by atoms with Crippen LogP contribution in [0.3, 0.4) is 0 Å². The Hall–Kier alpha value is -2.08. The molecule has 0 aromatic heterocycles. The summed E-state index contributed by atoms with van der Waals surface area (Å²) in [4.78, 5) is 24.5. The van der Waals surface area contributed by atoms with Crippen molar-refractivity contribution in [3.63, 3.8) is 0 Å². The Balaban J connectivity index is 1.86. The number of amides is 2. The Kier molecular flexibility index (Phi) is 5.16. The molecule has 114 valence electrons. The van der Waals surface area contributed by atoms with E-state index in [0.29, 0.717) is 18.2 Å². The van der Waals surface area contributed by atoms with Crippen molar-refractivity contribution in [2.24, 2.45) is 5.92 Å². The summed E-state index contributed by atoms with van der Waals surface area (Å²) in [5.41, 5.74) is 0.785. The molecule has 1 saturated heterocycles. The highest BCUT2D eigenvalue weighted by Crippen LogP contribution is 2.16. The smallest absolute Gasteiger partial charge is 0.335 e. The normalized spacial score (nSPS) is 15.5. The summed E-state index contributed by atoms with van der Waals surface area (Å²) in [7, 11) is 1.76. The molecule has 0 radical (unpaired) electrons. The van der Waals surface area contributed by atoms with E-state index in [9.17, 15) is 9.59 Å². The number of hydrogen-bond donors (Lipinski definition) is 2. The summed E-state index contributed by atoms with van der Waals surface area (Å²) >= 11 is 0. The summed E-state index contributed by atoms with van der Waals surface area (Å²) in [6, 6.07) is 5.92. The molecule has 6 nitrogen and oxygen atoms in total. The van der Waals surface area contributed by atoms with E-state index in [1.54, 1.807) is 24.1 Å². The van der Waals surface area contributed by atoms with Gasteiger partial charge in [-0.25, -0.2) is 9.59 Å². The molecule has 0 aliphatic carbocycles. The first kappa shape index (κ1) is 15.3. The average molecular weight is 292 g/mol. The number of carboxylic acid groups (broad SMARTS) is 1. The molecule has 0 spiro atoms. The third kappa shape index (κ3) is 4.46. The Morgan fingerprint density at radius 3 is 2.48 bits per heavy atom. The number of hydrogen-bond acceptors (Lipinski definition) is 3. The summed E-state index contributed by atoms with van der Waals surface area (Å²) in [6.07, 6.45) is 1.95. The van der Waals surface area contributed by atoms with Crippen LogP contribution in [0.4, 0.5) is 10.5 Å². The van der Waals surface area contributed by atoms with E-state index in [2.05, 4.69) is 5.32 Å². The number of nitrogens with one attached hydrogen (secondary N) is 1. The maximum Gasteiger partial charge on any atom is 0.335 e. The number of aromatic carboxylic acids is 1. The van der Waals surface area contributed by atoms with E-state index >= 15 is 0 Å². The van der Waals surface area contributed by atoms with Gasteiger partial charge in [-0.05, 0) is 43.0 Å². The van der Waals surface area contributed by atoms with Gasteiger partial charge in [0.15, 0.2) is 0 Å². The predicted molar refractivity (Wildman–Crippen MR) is 78.6 cm³/mol. The van der Waals surface area contributed by atoms with Gasteiger partial charge in [0.05, 0.1) is 5.56 Å². The lowest BCUT2D eigenvalue weighted by atomic mass is 10.00. The van der Waals surface area contributed by atoms with Crippen LogP contribution in [0.15, 0.2) is 24.3 Å². The van der Waals surface area contributed by atoms with Gasteiger partial charge in [-0.2, -0.15) is 0 Å². The molecule has 0 atom stereocenters. The summed E-state index contributed by atoms with van der Waals surface area (Å²) in [5, 5.41) is 11.6. The van der Waals surface area contributed by atoms with Gasteiger partial charge in [-0.3, -0.25) is 0 Å². The molecule has 2 rings (SSSR count). The first-order chi connectivity index (χ1) is 10.1. The van der Waals surface area contributed by atoms with Crippen molar-refractivity contribution in [1.82, 2.24) is 4.90 Å². The highest BCUT2D eigenvalue weighted by molar-refractivity contribution is 5.91. The molecule has 2 N–H and O–H groups in total. The molecular formula is C15H20N2O4. The zero-order chi connectivity index (χ0) is 15.2. The zero-order valence-electron chi connectivity index (χ0n) is 12.0. The van der Waals surface area contributed by atoms with Crippen LogP contribution in [-0.4, -0.2) is 48.8 Å². The van der Waals surface area contributed by atoms with Gasteiger partial charge in [0.25, 0.3) is 0 Å². The molecular weight excluding hydrogens is 272 g/mol. The van der Waals surface area contributed by atoms with E-state index in [0.717, 1.165) is 26.1 Å². The van der Waals surface area contributed by atoms with Crippen molar-refractivity contribution in [1.29, 1.82) is 0 Å². The van der Waals surface area contributed by atoms with Crippen LogP contribution in [0.2, 0.25) is 0 Å². The molecule has 1 aromatic rings. The first-order valence-electron chi connectivity index (χ1n) is 6.99. The standard InChI is InChI=1S/C15H20N2O4/c1-17(10-11-6-8-21-9-7-11)15(20)16-13-4-2-12(3-5-13)14(18)19/h2-5,11H,6-10H2,1H3,(H,16,20)(H,18,19). The number of ether oxygens (including phenoxy) is 1. The van der Waals surface area contributed by atoms with Gasteiger partial charge in [0, 0.05) is 32.5 Å². The zero-order valence-corrected chi connectivity index (χ0v) is 12.0. The van der Waals surface area contributed by atoms with Crippen molar-refractivity contribution in [3.05, 3.63) is 29.8 Å². The molecule has 2 amide bonds. The largest absolute Gasteiger partial charge is 0.478 e. The molecule has 6 heteroatoms. The van der Waals surface area contributed by atoms with Crippen LogP contribution >= 0.6 is 0 Å². The Morgan fingerprint density at radius 1 is 1.29 bits per heavy atom. The SMILES string of the molecule is CN(CC1CCOCC1)C(=O)Nc1ccc(C(=O)O)cc1. The fourth-order valence-electron chi connectivity index (χ4n) is 2.31. The van der Waals surface area contributed by atoms with Crippen LogP contribution < -0.4 is 5.32 Å². The number of carbonyl (C=O) groups excluding carboxylic acids is 1. The lowest BCUT2D eigenvalue weighted by Gasteiger charge is -2.27. The fraction of sp³-hybridized carbons (Fsp3) is 0.467. The minimum atomic E-state index is -0.982. The number of rotatable bonds is 4. The van der Waals surface area contributed by atoms with Gasteiger partial charge in [0.2, 0.25) is 0 Å².